The predicted octanol–water partition coefficient (Wildman–Crippen LogP) is 9.57. The summed E-state index contributed by atoms with van der Waals surface area (Å²) in [6.45, 7) is 15.2. The minimum atomic E-state index is 0.517. The molecule has 0 heterocycles. The van der Waals surface area contributed by atoms with Gasteiger partial charge in [-0.3, -0.25) is 0 Å². The van der Waals surface area contributed by atoms with Crippen molar-refractivity contribution in [2.45, 2.75) is 119 Å². The fraction of sp³-hybridized carbons (Fsp3) is 0.844. The van der Waals surface area contributed by atoms with Crippen LogP contribution in [-0.2, 0) is 0 Å². The highest BCUT2D eigenvalue weighted by molar-refractivity contribution is 5.52. The molecule has 0 spiro atoms. The van der Waals surface area contributed by atoms with Crippen LogP contribution in [0.3, 0.4) is 0 Å². The molecule has 0 nitrogen and oxygen atoms in total. The van der Waals surface area contributed by atoms with Crippen molar-refractivity contribution in [3.63, 3.8) is 0 Å². The van der Waals surface area contributed by atoms with Crippen LogP contribution in [0.2, 0.25) is 0 Å². The summed E-state index contributed by atoms with van der Waals surface area (Å²) in [4.78, 5) is 0. The van der Waals surface area contributed by atoms with Crippen molar-refractivity contribution >= 4 is 0 Å². The lowest BCUT2D eigenvalue weighted by molar-refractivity contribution is -0.0520. The fourth-order valence-corrected chi connectivity index (χ4v) is 9.79. The SMILES string of the molecule is CCC1=C[C]1[C@H]1CC[C@@]2(C)C(=CC[C@H]3[C@@H]4CC[C@H]([C@H](C)CCCC(C)C)[C@@]4(C)CC[C@@H]32)C1. The van der Waals surface area contributed by atoms with Crippen LogP contribution >= 0.6 is 0 Å². The second-order valence-corrected chi connectivity index (χ2v) is 13.7. The monoisotopic (exact) mass is 435 g/mol. The van der Waals surface area contributed by atoms with Crippen molar-refractivity contribution < 1.29 is 0 Å². The Morgan fingerprint density at radius 2 is 1.78 bits per heavy atom. The van der Waals surface area contributed by atoms with Crippen LogP contribution in [0.25, 0.3) is 0 Å². The highest BCUT2D eigenvalue weighted by Crippen LogP contribution is 2.68. The van der Waals surface area contributed by atoms with Crippen LogP contribution in [0.4, 0.5) is 0 Å². The Labute approximate surface area is 200 Å². The average molecular weight is 436 g/mol. The zero-order valence-corrected chi connectivity index (χ0v) is 22.2. The molecule has 5 aliphatic rings. The highest BCUT2D eigenvalue weighted by atomic mass is 14.6. The van der Waals surface area contributed by atoms with Gasteiger partial charge in [-0.15, -0.1) is 0 Å². The molecule has 5 rings (SSSR count). The van der Waals surface area contributed by atoms with Crippen LogP contribution in [0.15, 0.2) is 23.3 Å². The molecule has 0 aromatic carbocycles. The van der Waals surface area contributed by atoms with Gasteiger partial charge in [0.25, 0.3) is 0 Å². The van der Waals surface area contributed by atoms with Gasteiger partial charge in [0.05, 0.1) is 0 Å². The largest absolute Gasteiger partial charge is 0.0845 e. The van der Waals surface area contributed by atoms with Gasteiger partial charge in [0.15, 0.2) is 0 Å². The van der Waals surface area contributed by atoms with Gasteiger partial charge >= 0.3 is 0 Å². The molecular formula is C32H51. The van der Waals surface area contributed by atoms with Gasteiger partial charge in [-0.2, -0.15) is 0 Å². The van der Waals surface area contributed by atoms with E-state index in [2.05, 4.69) is 53.7 Å². The van der Waals surface area contributed by atoms with E-state index in [1.807, 2.05) is 5.57 Å². The van der Waals surface area contributed by atoms with E-state index in [4.69, 9.17) is 0 Å². The minimum absolute atomic E-state index is 0.517. The fourth-order valence-electron chi connectivity index (χ4n) is 9.79. The van der Waals surface area contributed by atoms with Crippen molar-refractivity contribution in [1.82, 2.24) is 0 Å². The van der Waals surface area contributed by atoms with E-state index in [-0.39, 0.29) is 0 Å². The molecule has 179 valence electrons. The first kappa shape index (κ1) is 23.2. The summed E-state index contributed by atoms with van der Waals surface area (Å²) in [6, 6.07) is 0. The van der Waals surface area contributed by atoms with Gasteiger partial charge in [0, 0.05) is 5.92 Å². The minimum Gasteiger partial charge on any atom is -0.0845 e. The normalized spacial score (nSPS) is 44.4. The van der Waals surface area contributed by atoms with Crippen LogP contribution in [0.5, 0.6) is 0 Å². The van der Waals surface area contributed by atoms with Gasteiger partial charge in [0.1, 0.15) is 0 Å². The van der Waals surface area contributed by atoms with Gasteiger partial charge < -0.3 is 0 Å². The molecule has 0 saturated heterocycles. The molecule has 0 N–H and O–H groups in total. The van der Waals surface area contributed by atoms with Crippen LogP contribution in [0.1, 0.15) is 119 Å². The van der Waals surface area contributed by atoms with E-state index in [9.17, 15) is 0 Å². The van der Waals surface area contributed by atoms with E-state index in [1.165, 1.54) is 77.0 Å². The molecular weight excluding hydrogens is 384 g/mol. The van der Waals surface area contributed by atoms with Crippen molar-refractivity contribution in [1.29, 1.82) is 0 Å². The maximum atomic E-state index is 2.78. The molecule has 5 aliphatic carbocycles. The van der Waals surface area contributed by atoms with Crippen molar-refractivity contribution in [2.24, 2.45) is 52.3 Å². The van der Waals surface area contributed by atoms with E-state index in [0.29, 0.717) is 10.8 Å². The molecule has 3 saturated carbocycles. The van der Waals surface area contributed by atoms with Crippen LogP contribution < -0.4 is 0 Å². The predicted molar refractivity (Wildman–Crippen MR) is 138 cm³/mol. The van der Waals surface area contributed by atoms with Crippen molar-refractivity contribution in [2.75, 3.05) is 0 Å². The molecule has 0 unspecified atom stereocenters. The first-order chi connectivity index (χ1) is 15.3. The molecule has 32 heavy (non-hydrogen) atoms. The highest BCUT2D eigenvalue weighted by Gasteiger charge is 2.59. The van der Waals surface area contributed by atoms with E-state index in [0.717, 1.165) is 41.4 Å². The molecule has 0 amide bonds. The van der Waals surface area contributed by atoms with E-state index < -0.39 is 0 Å². The van der Waals surface area contributed by atoms with Crippen LogP contribution in [0, 0.1) is 58.2 Å². The summed E-state index contributed by atoms with van der Waals surface area (Å²) in [5.74, 6) is 8.33. The molecule has 3 fully saturated rings. The topological polar surface area (TPSA) is 0 Å². The second-order valence-electron chi connectivity index (χ2n) is 13.7. The van der Waals surface area contributed by atoms with Crippen molar-refractivity contribution in [3.05, 3.63) is 29.2 Å². The molecule has 0 heteroatoms. The van der Waals surface area contributed by atoms with E-state index in [1.54, 1.807) is 11.5 Å². The number of hydrogen-bond donors (Lipinski definition) is 0. The summed E-state index contributed by atoms with van der Waals surface area (Å²) in [6.07, 6.45) is 22.6. The quantitative estimate of drug-likeness (QED) is 0.349. The summed E-state index contributed by atoms with van der Waals surface area (Å²) in [5, 5.41) is 0. The molecule has 0 aromatic rings. The third-order valence-corrected chi connectivity index (χ3v) is 11.7. The Morgan fingerprint density at radius 3 is 2.50 bits per heavy atom. The molecule has 0 aromatic heterocycles. The van der Waals surface area contributed by atoms with E-state index >= 15 is 0 Å². The summed E-state index contributed by atoms with van der Waals surface area (Å²) < 4.78 is 0. The molecule has 0 aliphatic heterocycles. The summed E-state index contributed by atoms with van der Waals surface area (Å²) in [7, 11) is 0. The maximum Gasteiger partial charge on any atom is 0.0256 e. The number of fused-ring (bicyclic) bond motifs is 5. The van der Waals surface area contributed by atoms with Gasteiger partial charge in [-0.1, -0.05) is 84.1 Å². The number of allylic oxidation sites excluding steroid dienone is 4. The molecule has 8 atom stereocenters. The lowest BCUT2D eigenvalue weighted by atomic mass is 9.46. The smallest absolute Gasteiger partial charge is 0.0256 e. The van der Waals surface area contributed by atoms with Crippen molar-refractivity contribution in [3.8, 4) is 0 Å². The molecule has 1 radical (unpaired) electrons. The molecule has 0 bridgehead atoms. The van der Waals surface area contributed by atoms with Gasteiger partial charge in [-0.05, 0) is 110 Å². The number of hydrogen-bond acceptors (Lipinski definition) is 0. The van der Waals surface area contributed by atoms with Crippen LogP contribution in [-0.4, -0.2) is 0 Å². The summed E-state index contributed by atoms with van der Waals surface area (Å²) in [5.41, 5.74) is 4.70. The zero-order valence-electron chi connectivity index (χ0n) is 22.2. The maximum absolute atomic E-state index is 2.78. The Hall–Kier alpha value is -0.520. The number of rotatable bonds is 7. The standard InChI is InChI=1S/C32H51/c1-7-23-20-27(23)24-15-17-31(5)25(19-24)11-12-26-29-14-13-28(22(4)10-8-9-21(2)3)32(29,6)18-16-30(26)31/h11,20-22,24,26,28-30H,7-10,12-19H2,1-6H3/t22-,24+,26+,28-,29+,30+,31+,32-/m1/s1. The summed E-state index contributed by atoms with van der Waals surface area (Å²) >= 11 is 0. The Bertz CT molecular complexity index is 754. The lowest BCUT2D eigenvalue weighted by Crippen LogP contribution is -2.50. The first-order valence-electron chi connectivity index (χ1n) is 14.5. The Morgan fingerprint density at radius 1 is 0.969 bits per heavy atom. The average Bonchev–Trinajstić information content (AvgIpc) is 3.46. The third kappa shape index (κ3) is 3.79. The third-order valence-electron chi connectivity index (χ3n) is 11.7. The zero-order chi connectivity index (χ0) is 22.7. The second kappa shape index (κ2) is 8.61. The Balaban J connectivity index is 1.28. The lowest BCUT2D eigenvalue weighted by Gasteiger charge is -2.58. The first-order valence-corrected chi connectivity index (χ1v) is 14.5. The van der Waals surface area contributed by atoms with Gasteiger partial charge in [-0.25, -0.2) is 0 Å². The van der Waals surface area contributed by atoms with Gasteiger partial charge in [0.2, 0.25) is 0 Å². The Kier molecular flexibility index (Phi) is 6.25.